The third kappa shape index (κ3) is 4.87. The third-order valence-electron chi connectivity index (χ3n) is 4.46. The Bertz CT molecular complexity index is 1230. The number of halogens is 1. The molecule has 0 unspecified atom stereocenters. The van der Waals surface area contributed by atoms with Gasteiger partial charge in [-0.1, -0.05) is 54.2 Å². The number of nitrogens with zero attached hydrogens (tertiary/aromatic N) is 2. The second kappa shape index (κ2) is 9.36. The number of benzene rings is 3. The molecule has 0 saturated heterocycles. The molecule has 8 heteroatoms. The summed E-state index contributed by atoms with van der Waals surface area (Å²) < 4.78 is 13.3. The summed E-state index contributed by atoms with van der Waals surface area (Å²) in [5.74, 6) is -1.04. The van der Waals surface area contributed by atoms with Crippen molar-refractivity contribution in [3.05, 3.63) is 90.2 Å². The maximum Gasteiger partial charge on any atom is 0.269 e. The van der Waals surface area contributed by atoms with E-state index in [9.17, 15) is 14.0 Å². The fourth-order valence-electron chi connectivity index (χ4n) is 2.97. The highest BCUT2D eigenvalue weighted by molar-refractivity contribution is 8.00. The zero-order chi connectivity index (χ0) is 21.6. The zero-order valence-electron chi connectivity index (χ0n) is 16.2. The van der Waals surface area contributed by atoms with Crippen molar-refractivity contribution in [1.82, 2.24) is 21.0 Å². The lowest BCUT2D eigenvalue weighted by Crippen LogP contribution is -2.42. The first-order chi connectivity index (χ1) is 15.1. The molecule has 0 fully saturated rings. The van der Waals surface area contributed by atoms with E-state index in [-0.39, 0.29) is 17.5 Å². The van der Waals surface area contributed by atoms with Crippen molar-refractivity contribution in [3.63, 3.8) is 0 Å². The van der Waals surface area contributed by atoms with E-state index in [1.54, 1.807) is 42.5 Å². The SMILES string of the molecule is O=C(CSc1nnc(-c2ccc(F)cc2)c2ccccc12)NNC(=O)c1ccccc1. The number of rotatable bonds is 5. The van der Waals surface area contributed by atoms with Gasteiger partial charge >= 0.3 is 0 Å². The van der Waals surface area contributed by atoms with Gasteiger partial charge in [-0.2, -0.15) is 0 Å². The molecule has 0 atom stereocenters. The molecule has 2 N–H and O–H groups in total. The number of fused-ring (bicyclic) bond motifs is 1. The molecule has 0 saturated carbocycles. The van der Waals surface area contributed by atoms with E-state index >= 15 is 0 Å². The van der Waals surface area contributed by atoms with Gasteiger partial charge < -0.3 is 0 Å². The van der Waals surface area contributed by atoms with Gasteiger partial charge in [-0.15, -0.1) is 10.2 Å². The summed E-state index contributed by atoms with van der Waals surface area (Å²) in [7, 11) is 0. The van der Waals surface area contributed by atoms with Crippen molar-refractivity contribution in [2.75, 3.05) is 5.75 Å². The van der Waals surface area contributed by atoms with Gasteiger partial charge in [0.1, 0.15) is 16.5 Å². The Balaban J connectivity index is 1.45. The second-order valence-electron chi connectivity index (χ2n) is 6.56. The standard InChI is InChI=1S/C23H17FN4O2S/c24-17-12-10-15(11-13-17)21-18-8-4-5-9-19(18)23(28-26-21)31-14-20(29)25-27-22(30)16-6-2-1-3-7-16/h1-13H,14H2,(H,25,29)(H,27,30). The lowest BCUT2D eigenvalue weighted by Gasteiger charge is -2.10. The average molecular weight is 432 g/mol. The van der Waals surface area contributed by atoms with Crippen LogP contribution in [0.5, 0.6) is 0 Å². The van der Waals surface area contributed by atoms with Gasteiger partial charge in [0.05, 0.1) is 5.75 Å². The second-order valence-corrected chi connectivity index (χ2v) is 7.53. The first kappa shape index (κ1) is 20.5. The van der Waals surface area contributed by atoms with Gasteiger partial charge in [-0.05, 0) is 36.4 Å². The van der Waals surface area contributed by atoms with E-state index in [1.165, 1.54) is 23.9 Å². The van der Waals surface area contributed by atoms with Crippen LogP contribution < -0.4 is 10.9 Å². The molecule has 3 aromatic carbocycles. The minimum absolute atomic E-state index is 0.0453. The van der Waals surface area contributed by atoms with Crippen LogP contribution in [0.15, 0.2) is 83.9 Å². The molecule has 1 aromatic heterocycles. The summed E-state index contributed by atoms with van der Waals surface area (Å²) in [6.45, 7) is 0. The van der Waals surface area contributed by atoms with Gasteiger partial charge in [0, 0.05) is 21.9 Å². The minimum atomic E-state index is -0.396. The molecule has 0 spiro atoms. The maximum atomic E-state index is 13.3. The molecule has 2 amide bonds. The van der Waals surface area contributed by atoms with Crippen LogP contribution in [0.2, 0.25) is 0 Å². The maximum absolute atomic E-state index is 13.3. The topological polar surface area (TPSA) is 84.0 Å². The summed E-state index contributed by atoms with van der Waals surface area (Å²) >= 11 is 1.21. The first-order valence-electron chi connectivity index (χ1n) is 9.40. The molecule has 1 heterocycles. The number of hydrogen-bond donors (Lipinski definition) is 2. The molecular formula is C23H17FN4O2S. The van der Waals surface area contributed by atoms with Crippen LogP contribution >= 0.6 is 11.8 Å². The summed E-state index contributed by atoms with van der Waals surface area (Å²) in [6.07, 6.45) is 0. The largest absolute Gasteiger partial charge is 0.272 e. The van der Waals surface area contributed by atoms with E-state index in [0.717, 1.165) is 16.3 Å². The molecule has 6 nitrogen and oxygen atoms in total. The number of carbonyl (C=O) groups excluding carboxylic acids is 2. The monoisotopic (exact) mass is 432 g/mol. The Morgan fingerprint density at radius 2 is 1.48 bits per heavy atom. The van der Waals surface area contributed by atoms with E-state index in [4.69, 9.17) is 0 Å². The molecule has 4 rings (SSSR count). The minimum Gasteiger partial charge on any atom is -0.272 e. The zero-order valence-corrected chi connectivity index (χ0v) is 17.0. The Hall–Kier alpha value is -3.78. The van der Waals surface area contributed by atoms with Crippen LogP contribution in [0, 0.1) is 5.82 Å². The van der Waals surface area contributed by atoms with Gasteiger partial charge in [0.25, 0.3) is 5.91 Å². The molecular weight excluding hydrogens is 415 g/mol. The van der Waals surface area contributed by atoms with Crippen molar-refractivity contribution in [3.8, 4) is 11.3 Å². The third-order valence-corrected chi connectivity index (χ3v) is 5.44. The van der Waals surface area contributed by atoms with E-state index in [2.05, 4.69) is 21.0 Å². The number of carbonyl (C=O) groups is 2. The van der Waals surface area contributed by atoms with Crippen LogP contribution in [0.25, 0.3) is 22.0 Å². The average Bonchev–Trinajstić information content (AvgIpc) is 2.82. The molecule has 0 aliphatic carbocycles. The number of hydrazine groups is 1. The van der Waals surface area contributed by atoms with Crippen molar-refractivity contribution < 1.29 is 14.0 Å². The van der Waals surface area contributed by atoms with Crippen LogP contribution in [0.1, 0.15) is 10.4 Å². The summed E-state index contributed by atoms with van der Waals surface area (Å²) in [5, 5.41) is 10.9. The highest BCUT2D eigenvalue weighted by Crippen LogP contribution is 2.31. The molecule has 0 aliphatic rings. The highest BCUT2D eigenvalue weighted by Gasteiger charge is 2.13. The molecule has 0 radical (unpaired) electrons. The van der Waals surface area contributed by atoms with E-state index < -0.39 is 5.91 Å². The number of amides is 2. The molecule has 31 heavy (non-hydrogen) atoms. The predicted octanol–water partition coefficient (Wildman–Crippen LogP) is 3.99. The van der Waals surface area contributed by atoms with Gasteiger partial charge in [0.15, 0.2) is 0 Å². The predicted molar refractivity (Wildman–Crippen MR) is 118 cm³/mol. The smallest absolute Gasteiger partial charge is 0.269 e. The van der Waals surface area contributed by atoms with Crippen molar-refractivity contribution in [2.45, 2.75) is 5.03 Å². The van der Waals surface area contributed by atoms with Crippen LogP contribution in [0.3, 0.4) is 0 Å². The lowest BCUT2D eigenvalue weighted by molar-refractivity contribution is -0.119. The Morgan fingerprint density at radius 1 is 0.806 bits per heavy atom. The van der Waals surface area contributed by atoms with Crippen LogP contribution in [0.4, 0.5) is 4.39 Å². The van der Waals surface area contributed by atoms with Gasteiger partial charge in [-0.3, -0.25) is 20.4 Å². The molecule has 4 aromatic rings. The normalized spacial score (nSPS) is 10.6. The Labute approximate surface area is 181 Å². The molecule has 154 valence electrons. The lowest BCUT2D eigenvalue weighted by atomic mass is 10.1. The van der Waals surface area contributed by atoms with Crippen LogP contribution in [-0.2, 0) is 4.79 Å². The molecule has 0 bridgehead atoms. The first-order valence-corrected chi connectivity index (χ1v) is 10.4. The Kier molecular flexibility index (Phi) is 6.18. The highest BCUT2D eigenvalue weighted by atomic mass is 32.2. The van der Waals surface area contributed by atoms with Crippen molar-refractivity contribution in [1.29, 1.82) is 0 Å². The quantitative estimate of drug-likeness (QED) is 0.368. The fraction of sp³-hybridized carbons (Fsp3) is 0.0435. The summed E-state index contributed by atoms with van der Waals surface area (Å²) in [6, 6.07) is 22.2. The van der Waals surface area contributed by atoms with Gasteiger partial charge in [-0.25, -0.2) is 4.39 Å². The number of hydrogen-bond acceptors (Lipinski definition) is 5. The summed E-state index contributed by atoms with van der Waals surface area (Å²) in [4.78, 5) is 24.2. The van der Waals surface area contributed by atoms with Gasteiger partial charge in [0.2, 0.25) is 5.91 Å². The van der Waals surface area contributed by atoms with Crippen LogP contribution in [-0.4, -0.2) is 27.8 Å². The van der Waals surface area contributed by atoms with E-state index in [0.29, 0.717) is 16.3 Å². The number of thioether (sulfide) groups is 1. The number of aromatic nitrogens is 2. The van der Waals surface area contributed by atoms with Crippen molar-refractivity contribution in [2.24, 2.45) is 0 Å². The van der Waals surface area contributed by atoms with Crippen molar-refractivity contribution >= 4 is 34.3 Å². The van der Waals surface area contributed by atoms with E-state index in [1.807, 2.05) is 24.3 Å². The number of nitrogens with one attached hydrogen (secondary N) is 2. The molecule has 0 aliphatic heterocycles. The summed E-state index contributed by atoms with van der Waals surface area (Å²) in [5.41, 5.74) is 6.63. The fourth-order valence-corrected chi connectivity index (χ4v) is 3.74. The Morgan fingerprint density at radius 3 is 2.23 bits per heavy atom.